The molecule has 0 unspecified atom stereocenters. The molecule has 2 aromatic heterocycles. The standard InChI is InChI=1S/C22H19N5O2/c1-27(14-11-16-9-12-24-13-10-16)22(29)20-4-2-3-19(26-20)21(28)25-18-7-5-17(15-23)6-8-18/h2-10,12-13H,11,14H2,1H3,(H,25,28). The number of benzene rings is 1. The predicted octanol–water partition coefficient (Wildman–Crippen LogP) is 2.92. The van der Waals surface area contributed by atoms with Gasteiger partial charge in [0.15, 0.2) is 0 Å². The highest BCUT2D eigenvalue weighted by molar-refractivity contribution is 6.03. The molecule has 7 heteroatoms. The van der Waals surface area contributed by atoms with Gasteiger partial charge in [-0.05, 0) is 60.5 Å². The van der Waals surface area contributed by atoms with Gasteiger partial charge in [-0.3, -0.25) is 14.6 Å². The second-order valence-electron chi connectivity index (χ2n) is 6.38. The summed E-state index contributed by atoms with van der Waals surface area (Å²) in [7, 11) is 1.70. The number of carbonyl (C=O) groups is 2. The van der Waals surface area contributed by atoms with E-state index >= 15 is 0 Å². The van der Waals surface area contributed by atoms with Crippen LogP contribution in [0.3, 0.4) is 0 Å². The molecule has 0 aliphatic carbocycles. The molecule has 2 heterocycles. The van der Waals surface area contributed by atoms with Gasteiger partial charge in [-0.1, -0.05) is 6.07 Å². The highest BCUT2D eigenvalue weighted by atomic mass is 16.2. The monoisotopic (exact) mass is 385 g/mol. The molecule has 0 saturated heterocycles. The minimum Gasteiger partial charge on any atom is -0.340 e. The Morgan fingerprint density at radius 3 is 2.41 bits per heavy atom. The van der Waals surface area contributed by atoms with E-state index in [1.165, 1.54) is 0 Å². The molecule has 3 rings (SSSR count). The van der Waals surface area contributed by atoms with Crippen molar-refractivity contribution >= 4 is 17.5 Å². The first-order valence-electron chi connectivity index (χ1n) is 9.00. The minimum absolute atomic E-state index is 0.141. The van der Waals surface area contributed by atoms with Gasteiger partial charge in [0.25, 0.3) is 11.8 Å². The smallest absolute Gasteiger partial charge is 0.274 e. The zero-order valence-corrected chi connectivity index (χ0v) is 15.9. The summed E-state index contributed by atoms with van der Waals surface area (Å²) in [6.07, 6.45) is 4.13. The van der Waals surface area contributed by atoms with E-state index in [4.69, 9.17) is 5.26 Å². The second kappa shape index (κ2) is 9.24. The lowest BCUT2D eigenvalue weighted by molar-refractivity contribution is 0.0790. The summed E-state index contributed by atoms with van der Waals surface area (Å²) in [5.74, 6) is -0.684. The van der Waals surface area contributed by atoms with E-state index in [0.717, 1.165) is 5.56 Å². The number of hydrogen-bond donors (Lipinski definition) is 1. The number of likely N-dealkylation sites (N-methyl/N-ethyl adjacent to an activating group) is 1. The quantitative estimate of drug-likeness (QED) is 0.703. The number of hydrogen-bond acceptors (Lipinski definition) is 5. The molecule has 7 nitrogen and oxygen atoms in total. The first-order valence-corrected chi connectivity index (χ1v) is 9.00. The second-order valence-corrected chi connectivity index (χ2v) is 6.38. The highest BCUT2D eigenvalue weighted by Gasteiger charge is 2.16. The Bertz CT molecular complexity index is 1040. The lowest BCUT2D eigenvalue weighted by atomic mass is 10.2. The van der Waals surface area contributed by atoms with Crippen LogP contribution in [0.2, 0.25) is 0 Å². The number of pyridine rings is 2. The van der Waals surface area contributed by atoms with Crippen molar-refractivity contribution in [1.82, 2.24) is 14.9 Å². The molecular weight excluding hydrogens is 366 g/mol. The summed E-state index contributed by atoms with van der Waals surface area (Å²) in [4.78, 5) is 34.9. The third kappa shape index (κ3) is 5.23. The molecular formula is C22H19N5O2. The number of anilines is 1. The molecule has 0 fully saturated rings. The average Bonchev–Trinajstić information content (AvgIpc) is 2.78. The zero-order chi connectivity index (χ0) is 20.6. The maximum Gasteiger partial charge on any atom is 0.274 e. The van der Waals surface area contributed by atoms with E-state index in [9.17, 15) is 9.59 Å². The molecule has 0 aliphatic heterocycles. The Balaban J connectivity index is 1.65. The normalized spacial score (nSPS) is 10.1. The molecule has 0 bridgehead atoms. The fourth-order valence-corrected chi connectivity index (χ4v) is 2.65. The van der Waals surface area contributed by atoms with Crippen LogP contribution < -0.4 is 5.32 Å². The van der Waals surface area contributed by atoms with Gasteiger partial charge in [-0.25, -0.2) is 4.98 Å². The van der Waals surface area contributed by atoms with Crippen LogP contribution in [0.25, 0.3) is 0 Å². The Hall–Kier alpha value is -4.05. The van der Waals surface area contributed by atoms with Crippen LogP contribution in [-0.2, 0) is 6.42 Å². The summed E-state index contributed by atoms with van der Waals surface area (Å²) < 4.78 is 0. The van der Waals surface area contributed by atoms with Crippen molar-refractivity contribution in [3.63, 3.8) is 0 Å². The summed E-state index contributed by atoms with van der Waals surface area (Å²) in [5, 5.41) is 11.5. The van der Waals surface area contributed by atoms with Crippen LogP contribution in [0.15, 0.2) is 67.0 Å². The molecule has 0 spiro atoms. The largest absolute Gasteiger partial charge is 0.340 e. The number of nitrogens with zero attached hydrogens (tertiary/aromatic N) is 4. The van der Waals surface area contributed by atoms with Crippen LogP contribution in [-0.4, -0.2) is 40.3 Å². The van der Waals surface area contributed by atoms with Crippen LogP contribution >= 0.6 is 0 Å². The average molecular weight is 385 g/mol. The SMILES string of the molecule is CN(CCc1ccncc1)C(=O)c1cccc(C(=O)Nc2ccc(C#N)cc2)n1. The van der Waals surface area contributed by atoms with Crippen molar-refractivity contribution in [2.24, 2.45) is 0 Å². The fourth-order valence-electron chi connectivity index (χ4n) is 2.65. The first-order chi connectivity index (χ1) is 14.1. The van der Waals surface area contributed by atoms with E-state index in [2.05, 4.69) is 15.3 Å². The molecule has 1 aromatic carbocycles. The van der Waals surface area contributed by atoms with Crippen LogP contribution in [0.5, 0.6) is 0 Å². The van der Waals surface area contributed by atoms with Crippen molar-refractivity contribution in [3.05, 3.63) is 89.5 Å². The van der Waals surface area contributed by atoms with Gasteiger partial charge in [0, 0.05) is 31.7 Å². The summed E-state index contributed by atoms with van der Waals surface area (Å²) in [6, 6.07) is 17.1. The number of carbonyl (C=O) groups excluding carboxylic acids is 2. The van der Waals surface area contributed by atoms with E-state index < -0.39 is 5.91 Å². The minimum atomic E-state index is -0.427. The molecule has 144 valence electrons. The Labute approximate surface area is 168 Å². The van der Waals surface area contributed by atoms with E-state index in [1.807, 2.05) is 18.2 Å². The predicted molar refractivity (Wildman–Crippen MR) is 108 cm³/mol. The molecule has 0 radical (unpaired) electrons. The maximum atomic E-state index is 12.7. The number of nitrogens with one attached hydrogen (secondary N) is 1. The number of aromatic nitrogens is 2. The van der Waals surface area contributed by atoms with Crippen LogP contribution in [0.4, 0.5) is 5.69 Å². The van der Waals surface area contributed by atoms with Gasteiger partial charge >= 0.3 is 0 Å². The molecule has 0 saturated carbocycles. The molecule has 0 atom stereocenters. The van der Waals surface area contributed by atoms with Crippen molar-refractivity contribution in [3.8, 4) is 6.07 Å². The Morgan fingerprint density at radius 2 is 1.72 bits per heavy atom. The van der Waals surface area contributed by atoms with E-state index in [0.29, 0.717) is 24.2 Å². The number of rotatable bonds is 6. The van der Waals surface area contributed by atoms with E-state index in [1.54, 1.807) is 66.8 Å². The van der Waals surface area contributed by atoms with Crippen LogP contribution in [0, 0.1) is 11.3 Å². The molecule has 1 N–H and O–H groups in total. The molecule has 29 heavy (non-hydrogen) atoms. The van der Waals surface area contributed by atoms with Crippen molar-refractivity contribution < 1.29 is 9.59 Å². The summed E-state index contributed by atoms with van der Waals surface area (Å²) in [5.41, 5.74) is 2.48. The van der Waals surface area contributed by atoms with Gasteiger partial charge in [0.1, 0.15) is 11.4 Å². The van der Waals surface area contributed by atoms with Crippen molar-refractivity contribution in [2.45, 2.75) is 6.42 Å². The van der Waals surface area contributed by atoms with Crippen LogP contribution in [0.1, 0.15) is 32.1 Å². The Kier molecular flexibility index (Phi) is 6.28. The summed E-state index contributed by atoms with van der Waals surface area (Å²) in [6.45, 7) is 0.520. The van der Waals surface area contributed by atoms with Gasteiger partial charge in [-0.2, -0.15) is 5.26 Å². The van der Waals surface area contributed by atoms with Gasteiger partial charge in [0.05, 0.1) is 11.6 Å². The van der Waals surface area contributed by atoms with E-state index in [-0.39, 0.29) is 17.3 Å². The number of amides is 2. The van der Waals surface area contributed by atoms with Crippen molar-refractivity contribution in [1.29, 1.82) is 5.26 Å². The van der Waals surface area contributed by atoms with Gasteiger partial charge in [-0.15, -0.1) is 0 Å². The lowest BCUT2D eigenvalue weighted by Crippen LogP contribution is -2.30. The Morgan fingerprint density at radius 1 is 1.03 bits per heavy atom. The fraction of sp³-hybridized carbons (Fsp3) is 0.136. The third-order valence-corrected chi connectivity index (χ3v) is 4.30. The van der Waals surface area contributed by atoms with Crippen molar-refractivity contribution in [2.75, 3.05) is 18.9 Å². The van der Waals surface area contributed by atoms with Gasteiger partial charge in [0.2, 0.25) is 0 Å². The third-order valence-electron chi connectivity index (χ3n) is 4.30. The molecule has 3 aromatic rings. The molecule has 2 amide bonds. The summed E-state index contributed by atoms with van der Waals surface area (Å²) >= 11 is 0. The molecule has 0 aliphatic rings. The zero-order valence-electron chi connectivity index (χ0n) is 15.9. The topological polar surface area (TPSA) is 99.0 Å². The number of nitriles is 1. The lowest BCUT2D eigenvalue weighted by Gasteiger charge is -2.17. The maximum absolute atomic E-state index is 12.7. The highest BCUT2D eigenvalue weighted by Crippen LogP contribution is 2.11. The van der Waals surface area contributed by atoms with Gasteiger partial charge < -0.3 is 10.2 Å². The first kappa shape index (κ1) is 19.7.